The van der Waals surface area contributed by atoms with Crippen LogP contribution in [-0.4, -0.2) is 106 Å². The summed E-state index contributed by atoms with van der Waals surface area (Å²) in [7, 11) is 0. The Bertz CT molecular complexity index is 957. The van der Waals surface area contributed by atoms with E-state index in [-0.39, 0.29) is 24.1 Å². The molecule has 1 unspecified atom stereocenters. The first-order valence-corrected chi connectivity index (χ1v) is 12.6. The van der Waals surface area contributed by atoms with Crippen LogP contribution in [0.3, 0.4) is 0 Å². The maximum atomic E-state index is 11.5. The molecule has 0 spiro atoms. The van der Waals surface area contributed by atoms with Crippen LogP contribution in [0.4, 0.5) is 21.5 Å². The first-order valence-electron chi connectivity index (χ1n) is 11.0. The molecular weight excluding hydrogens is 572 g/mol. The summed E-state index contributed by atoms with van der Waals surface area (Å²) in [4.78, 5) is 48.0. The quantitative estimate of drug-likeness (QED) is 0.525. The van der Waals surface area contributed by atoms with Crippen LogP contribution in [0.1, 0.15) is 0 Å². The van der Waals surface area contributed by atoms with Crippen molar-refractivity contribution in [3.05, 3.63) is 33.7 Å². The molecule has 34 heavy (non-hydrogen) atoms. The van der Waals surface area contributed by atoms with Gasteiger partial charge in [0.1, 0.15) is 0 Å². The molecule has 14 heteroatoms. The molecule has 0 aliphatic carbocycles. The Labute approximate surface area is 213 Å². The second-order valence-corrected chi connectivity index (χ2v) is 10.2. The van der Waals surface area contributed by atoms with Crippen molar-refractivity contribution in [1.29, 1.82) is 0 Å². The molecule has 2 atom stereocenters. The average Bonchev–Trinajstić information content (AvgIpc) is 3.42. The third-order valence-corrected chi connectivity index (χ3v) is 7.06. The summed E-state index contributed by atoms with van der Waals surface area (Å²) in [5.41, 5.74) is 0. The summed E-state index contributed by atoms with van der Waals surface area (Å²) in [5.74, 6) is 1.46. The van der Waals surface area contributed by atoms with Gasteiger partial charge in [0.25, 0.3) is 0 Å². The molecule has 4 fully saturated rings. The standard InChI is InChI=1S/2C10H12BrN5O/c2*11-7-3-12-9(13-4-7)15-1-2-16-8(6-15)5-14-10(16)17/h2*3-4,8H,1-2,5-6H2,(H,14,17)/t8-;/m0./s1. The van der Waals surface area contributed by atoms with Crippen molar-refractivity contribution in [3.63, 3.8) is 0 Å². The van der Waals surface area contributed by atoms with E-state index in [0.29, 0.717) is 13.1 Å². The van der Waals surface area contributed by atoms with Crippen molar-refractivity contribution in [1.82, 2.24) is 40.4 Å². The first kappa shape index (κ1) is 23.0. The highest BCUT2D eigenvalue weighted by Crippen LogP contribution is 2.20. The molecule has 2 aromatic heterocycles. The van der Waals surface area contributed by atoms with Gasteiger partial charge in [-0.25, -0.2) is 29.5 Å². The van der Waals surface area contributed by atoms with Crippen molar-refractivity contribution >= 4 is 55.8 Å². The van der Waals surface area contributed by atoms with Crippen LogP contribution < -0.4 is 20.4 Å². The third-order valence-electron chi connectivity index (χ3n) is 6.24. The van der Waals surface area contributed by atoms with E-state index in [4.69, 9.17) is 0 Å². The number of nitrogens with one attached hydrogen (secondary N) is 2. The molecule has 0 radical (unpaired) electrons. The van der Waals surface area contributed by atoms with E-state index in [1.165, 1.54) is 0 Å². The maximum Gasteiger partial charge on any atom is 0.317 e. The van der Waals surface area contributed by atoms with Crippen LogP contribution in [-0.2, 0) is 0 Å². The van der Waals surface area contributed by atoms with Crippen molar-refractivity contribution in [3.8, 4) is 0 Å². The van der Waals surface area contributed by atoms with E-state index < -0.39 is 0 Å². The molecule has 4 amide bonds. The molecule has 4 aliphatic rings. The molecule has 0 saturated carbocycles. The summed E-state index contributed by atoms with van der Waals surface area (Å²) in [5, 5.41) is 5.71. The van der Waals surface area contributed by atoms with Gasteiger partial charge in [0.2, 0.25) is 11.9 Å². The minimum absolute atomic E-state index is 0.0476. The number of fused-ring (bicyclic) bond motifs is 2. The molecule has 2 N–H and O–H groups in total. The van der Waals surface area contributed by atoms with Gasteiger partial charge in [0, 0.05) is 77.1 Å². The van der Waals surface area contributed by atoms with Crippen LogP contribution in [0.25, 0.3) is 0 Å². The lowest BCUT2D eigenvalue weighted by Crippen LogP contribution is -2.52. The predicted molar refractivity (Wildman–Crippen MR) is 132 cm³/mol. The smallest absolute Gasteiger partial charge is 0.317 e. The Balaban J connectivity index is 0.000000142. The minimum Gasteiger partial charge on any atom is -0.337 e. The molecular formula is C20H24Br2N10O2. The predicted octanol–water partition coefficient (Wildman–Crippen LogP) is 0.906. The van der Waals surface area contributed by atoms with Gasteiger partial charge in [0.05, 0.1) is 21.0 Å². The number of carbonyl (C=O) groups is 2. The lowest BCUT2D eigenvalue weighted by Gasteiger charge is -2.36. The van der Waals surface area contributed by atoms with Crippen molar-refractivity contribution < 1.29 is 9.59 Å². The van der Waals surface area contributed by atoms with Crippen LogP contribution >= 0.6 is 31.9 Å². The van der Waals surface area contributed by atoms with Gasteiger partial charge in [-0.2, -0.15) is 0 Å². The first-order chi connectivity index (χ1) is 16.5. The minimum atomic E-state index is 0.0476. The highest BCUT2D eigenvalue weighted by molar-refractivity contribution is 9.10. The van der Waals surface area contributed by atoms with E-state index in [2.05, 4.69) is 72.2 Å². The summed E-state index contributed by atoms with van der Waals surface area (Å²) in [6, 6.07) is 0.574. The number of anilines is 2. The fourth-order valence-electron chi connectivity index (χ4n) is 4.51. The maximum absolute atomic E-state index is 11.5. The summed E-state index contributed by atoms with van der Waals surface area (Å²) in [6.45, 7) is 6.04. The van der Waals surface area contributed by atoms with Crippen molar-refractivity contribution in [2.75, 3.05) is 62.2 Å². The van der Waals surface area contributed by atoms with Crippen molar-refractivity contribution in [2.24, 2.45) is 0 Å². The van der Waals surface area contributed by atoms with E-state index >= 15 is 0 Å². The topological polar surface area (TPSA) is 123 Å². The number of piperazine rings is 2. The van der Waals surface area contributed by atoms with E-state index in [1.54, 1.807) is 24.8 Å². The number of hydrogen-bond donors (Lipinski definition) is 2. The van der Waals surface area contributed by atoms with Gasteiger partial charge in [-0.1, -0.05) is 0 Å². The monoisotopic (exact) mass is 594 g/mol. The summed E-state index contributed by atoms with van der Waals surface area (Å²) >= 11 is 6.63. The number of halogens is 2. The zero-order chi connectivity index (χ0) is 23.7. The lowest BCUT2D eigenvalue weighted by molar-refractivity contribution is 0.196. The average molecular weight is 596 g/mol. The second kappa shape index (κ2) is 9.86. The highest BCUT2D eigenvalue weighted by Gasteiger charge is 2.37. The number of urea groups is 2. The second-order valence-electron chi connectivity index (χ2n) is 8.36. The fraction of sp³-hybridized carbons (Fsp3) is 0.500. The number of amides is 4. The SMILES string of the molecule is O=C1NCC2CN(c3ncc(Br)cn3)CCN12.O=C1NC[C@H]2CN(c3ncc(Br)cn3)CCN12. The van der Waals surface area contributed by atoms with Gasteiger partial charge < -0.3 is 30.2 Å². The largest absolute Gasteiger partial charge is 0.337 e. The van der Waals surface area contributed by atoms with Gasteiger partial charge >= 0.3 is 12.1 Å². The van der Waals surface area contributed by atoms with Crippen LogP contribution in [0.2, 0.25) is 0 Å². The molecule has 4 saturated heterocycles. The van der Waals surface area contributed by atoms with Gasteiger partial charge in [-0.15, -0.1) is 0 Å². The fourth-order valence-corrected chi connectivity index (χ4v) is 4.92. The van der Waals surface area contributed by atoms with Crippen LogP contribution in [0.15, 0.2) is 33.7 Å². The summed E-state index contributed by atoms with van der Waals surface area (Å²) < 4.78 is 1.75. The Hall–Kier alpha value is -2.74. The molecule has 2 aromatic rings. The normalized spacial score (nSPS) is 23.6. The number of nitrogens with zero attached hydrogens (tertiary/aromatic N) is 8. The Morgan fingerprint density at radius 1 is 0.676 bits per heavy atom. The highest BCUT2D eigenvalue weighted by atomic mass is 79.9. The Kier molecular flexibility index (Phi) is 6.68. The molecule has 6 heterocycles. The molecule has 180 valence electrons. The zero-order valence-corrected chi connectivity index (χ0v) is 21.4. The van der Waals surface area contributed by atoms with Gasteiger partial charge in [-0.3, -0.25) is 0 Å². The molecule has 6 rings (SSSR count). The van der Waals surface area contributed by atoms with E-state index in [0.717, 1.165) is 60.1 Å². The van der Waals surface area contributed by atoms with Crippen LogP contribution in [0, 0.1) is 0 Å². The molecule has 12 nitrogen and oxygen atoms in total. The van der Waals surface area contributed by atoms with Crippen molar-refractivity contribution in [2.45, 2.75) is 12.1 Å². The van der Waals surface area contributed by atoms with E-state index in [9.17, 15) is 9.59 Å². The number of hydrogen-bond acceptors (Lipinski definition) is 8. The number of aromatic nitrogens is 4. The summed E-state index contributed by atoms with van der Waals surface area (Å²) in [6.07, 6.45) is 6.97. The third kappa shape index (κ3) is 4.87. The number of carbonyl (C=O) groups excluding carboxylic acids is 2. The van der Waals surface area contributed by atoms with Gasteiger partial charge in [-0.05, 0) is 31.9 Å². The molecule has 0 bridgehead atoms. The Morgan fingerprint density at radius 3 is 1.44 bits per heavy atom. The van der Waals surface area contributed by atoms with Gasteiger partial charge in [0.15, 0.2) is 0 Å². The number of rotatable bonds is 2. The lowest BCUT2D eigenvalue weighted by atomic mass is 10.2. The Morgan fingerprint density at radius 2 is 1.06 bits per heavy atom. The zero-order valence-electron chi connectivity index (χ0n) is 18.3. The van der Waals surface area contributed by atoms with E-state index in [1.807, 2.05) is 9.80 Å². The molecule has 4 aliphatic heterocycles. The van der Waals surface area contributed by atoms with Crippen LogP contribution in [0.5, 0.6) is 0 Å². The molecule has 0 aromatic carbocycles.